The van der Waals surface area contributed by atoms with Gasteiger partial charge in [0.05, 0.1) is 19.6 Å². The second-order valence-corrected chi connectivity index (χ2v) is 8.17. The fourth-order valence-corrected chi connectivity index (χ4v) is 3.37. The number of halogens is 2. The van der Waals surface area contributed by atoms with Crippen LogP contribution in [-0.2, 0) is 32.1 Å². The highest BCUT2D eigenvalue weighted by atomic mass is 79.9. The first-order chi connectivity index (χ1) is 15.3. The highest BCUT2D eigenvalue weighted by molar-refractivity contribution is 9.10. The van der Waals surface area contributed by atoms with Gasteiger partial charge in [0.15, 0.2) is 0 Å². The van der Waals surface area contributed by atoms with Crippen molar-refractivity contribution in [2.24, 2.45) is 0 Å². The molecule has 10 heteroatoms. The molecule has 172 valence electrons. The number of benzene rings is 2. The number of alkyl carbamates (subject to hydrolysis) is 1. The van der Waals surface area contributed by atoms with Crippen LogP contribution >= 0.6 is 27.5 Å². The van der Waals surface area contributed by atoms with Crippen molar-refractivity contribution in [3.63, 3.8) is 0 Å². The van der Waals surface area contributed by atoms with Crippen molar-refractivity contribution in [2.75, 3.05) is 13.7 Å². The van der Waals surface area contributed by atoms with Crippen molar-refractivity contribution in [3.05, 3.63) is 69.2 Å². The zero-order valence-corrected chi connectivity index (χ0v) is 19.7. The number of carbonyl (C=O) groups excluding carboxylic acids is 3. The molecule has 2 rings (SSSR count). The number of nitrogens with one attached hydrogen (secondary N) is 2. The molecule has 2 aromatic carbocycles. The summed E-state index contributed by atoms with van der Waals surface area (Å²) < 4.78 is 10.5. The summed E-state index contributed by atoms with van der Waals surface area (Å²) in [6.07, 6.45) is -2.08. The molecular weight excluding hydrogens is 504 g/mol. The van der Waals surface area contributed by atoms with Gasteiger partial charge in [0, 0.05) is 22.5 Å². The smallest absolute Gasteiger partial charge is 0.407 e. The Morgan fingerprint density at radius 2 is 1.88 bits per heavy atom. The van der Waals surface area contributed by atoms with E-state index >= 15 is 0 Å². The topological polar surface area (TPSA) is 114 Å². The van der Waals surface area contributed by atoms with Crippen LogP contribution in [0.15, 0.2) is 53.0 Å². The third kappa shape index (κ3) is 8.86. The fourth-order valence-electron chi connectivity index (χ4n) is 2.77. The van der Waals surface area contributed by atoms with Gasteiger partial charge in [0.25, 0.3) is 0 Å². The Hall–Kier alpha value is -2.62. The standard InChI is InChI=1S/C22H24BrClN2O6/c1-31-21(29)19(10-15-9-16(24)7-8-18(15)23)26-20(28)11-17(27)12-25-22(30)32-13-14-5-3-2-4-6-14/h2-9,17,19,27H,10-13H2,1H3,(H,25,30)(H,26,28)/t17-,19+/m1/s1. The van der Waals surface area contributed by atoms with Crippen LogP contribution in [0, 0.1) is 0 Å². The average molecular weight is 528 g/mol. The zero-order valence-electron chi connectivity index (χ0n) is 17.3. The lowest BCUT2D eigenvalue weighted by atomic mass is 10.1. The lowest BCUT2D eigenvalue weighted by molar-refractivity contribution is -0.145. The molecule has 3 N–H and O–H groups in total. The van der Waals surface area contributed by atoms with Crippen LogP contribution in [0.5, 0.6) is 0 Å². The molecule has 0 saturated carbocycles. The minimum Gasteiger partial charge on any atom is -0.467 e. The fraction of sp³-hybridized carbons (Fsp3) is 0.318. The molecule has 0 aliphatic rings. The Balaban J connectivity index is 1.81. The number of hydrogen-bond donors (Lipinski definition) is 3. The average Bonchev–Trinajstić information content (AvgIpc) is 2.78. The predicted octanol–water partition coefficient (Wildman–Crippen LogP) is 2.98. The maximum absolute atomic E-state index is 12.3. The number of ether oxygens (including phenoxy) is 2. The van der Waals surface area contributed by atoms with E-state index in [2.05, 4.69) is 26.6 Å². The molecule has 0 saturated heterocycles. The summed E-state index contributed by atoms with van der Waals surface area (Å²) in [6.45, 7) is -0.104. The first-order valence-electron chi connectivity index (χ1n) is 9.72. The third-order valence-corrected chi connectivity index (χ3v) is 5.38. The lowest BCUT2D eigenvalue weighted by Gasteiger charge is -2.19. The molecule has 0 aliphatic carbocycles. The van der Waals surface area contributed by atoms with Gasteiger partial charge in [-0.25, -0.2) is 9.59 Å². The summed E-state index contributed by atoms with van der Waals surface area (Å²) in [6, 6.07) is 13.3. The van der Waals surface area contributed by atoms with Gasteiger partial charge in [0.1, 0.15) is 12.6 Å². The number of aliphatic hydroxyl groups is 1. The summed E-state index contributed by atoms with van der Waals surface area (Å²) >= 11 is 9.39. The molecule has 2 atom stereocenters. The lowest BCUT2D eigenvalue weighted by Crippen LogP contribution is -2.45. The number of rotatable bonds is 10. The van der Waals surface area contributed by atoms with Crippen LogP contribution in [0.25, 0.3) is 0 Å². The van der Waals surface area contributed by atoms with Crippen LogP contribution < -0.4 is 10.6 Å². The molecule has 0 bridgehead atoms. The minimum absolute atomic E-state index is 0.0864. The van der Waals surface area contributed by atoms with Gasteiger partial charge in [-0.1, -0.05) is 57.9 Å². The molecule has 0 spiro atoms. The molecule has 0 heterocycles. The second-order valence-electron chi connectivity index (χ2n) is 6.88. The summed E-state index contributed by atoms with van der Waals surface area (Å²) in [5.41, 5.74) is 1.53. The van der Waals surface area contributed by atoms with Gasteiger partial charge in [-0.2, -0.15) is 0 Å². The normalized spacial score (nSPS) is 12.4. The van der Waals surface area contributed by atoms with Crippen LogP contribution in [-0.4, -0.2) is 48.9 Å². The van der Waals surface area contributed by atoms with E-state index in [9.17, 15) is 19.5 Å². The van der Waals surface area contributed by atoms with Crippen molar-refractivity contribution in [2.45, 2.75) is 31.6 Å². The van der Waals surface area contributed by atoms with Gasteiger partial charge in [-0.15, -0.1) is 0 Å². The van der Waals surface area contributed by atoms with Crippen molar-refractivity contribution < 1.29 is 29.0 Å². The van der Waals surface area contributed by atoms with E-state index in [1.54, 1.807) is 18.2 Å². The van der Waals surface area contributed by atoms with Crippen molar-refractivity contribution >= 4 is 45.5 Å². The Morgan fingerprint density at radius 3 is 2.56 bits per heavy atom. The minimum atomic E-state index is -1.17. The molecule has 32 heavy (non-hydrogen) atoms. The Morgan fingerprint density at radius 1 is 1.16 bits per heavy atom. The molecule has 0 fully saturated rings. The van der Waals surface area contributed by atoms with Gasteiger partial charge in [-0.3, -0.25) is 4.79 Å². The number of aliphatic hydroxyl groups excluding tert-OH is 1. The summed E-state index contributed by atoms with van der Waals surface area (Å²) in [7, 11) is 1.22. The zero-order chi connectivity index (χ0) is 23.5. The molecule has 0 unspecified atom stereocenters. The number of hydrogen-bond acceptors (Lipinski definition) is 6. The number of amides is 2. The summed E-state index contributed by atoms with van der Waals surface area (Å²) in [4.78, 5) is 36.2. The van der Waals surface area contributed by atoms with Crippen LogP contribution in [0.4, 0.5) is 4.79 Å². The molecule has 2 amide bonds. The number of methoxy groups -OCH3 is 1. The second kappa shape index (κ2) is 13.0. The highest BCUT2D eigenvalue weighted by Crippen LogP contribution is 2.22. The van der Waals surface area contributed by atoms with Gasteiger partial charge < -0.3 is 25.2 Å². The first-order valence-corrected chi connectivity index (χ1v) is 10.9. The van der Waals surface area contributed by atoms with E-state index in [4.69, 9.17) is 21.1 Å². The SMILES string of the molecule is COC(=O)[C@H](Cc1cc(Cl)ccc1Br)NC(=O)C[C@@H](O)CNC(=O)OCc1ccccc1. The van der Waals surface area contributed by atoms with Crippen LogP contribution in [0.1, 0.15) is 17.5 Å². The van der Waals surface area contributed by atoms with E-state index in [1.807, 2.05) is 30.3 Å². The third-order valence-electron chi connectivity index (χ3n) is 4.37. The quantitative estimate of drug-likeness (QED) is 0.409. The van der Waals surface area contributed by atoms with E-state index in [0.717, 1.165) is 10.0 Å². The predicted molar refractivity (Wildman–Crippen MR) is 122 cm³/mol. The summed E-state index contributed by atoms with van der Waals surface area (Å²) in [5.74, 6) is -1.21. The van der Waals surface area contributed by atoms with Gasteiger partial charge >= 0.3 is 12.1 Å². The molecular formula is C22H24BrClN2O6. The Labute approximate surface area is 199 Å². The van der Waals surface area contributed by atoms with Crippen molar-refractivity contribution in [1.29, 1.82) is 0 Å². The van der Waals surface area contributed by atoms with E-state index < -0.39 is 30.1 Å². The summed E-state index contributed by atoms with van der Waals surface area (Å²) in [5, 5.41) is 15.5. The van der Waals surface area contributed by atoms with Gasteiger partial charge in [0.2, 0.25) is 5.91 Å². The first kappa shape index (κ1) is 25.6. The maximum atomic E-state index is 12.3. The number of esters is 1. The largest absolute Gasteiger partial charge is 0.467 e. The Bertz CT molecular complexity index is 928. The van der Waals surface area contributed by atoms with E-state index in [0.29, 0.717) is 10.6 Å². The Kier molecular flexibility index (Phi) is 10.5. The monoisotopic (exact) mass is 526 g/mol. The van der Waals surface area contributed by atoms with Crippen LogP contribution in [0.3, 0.4) is 0 Å². The molecule has 8 nitrogen and oxygen atoms in total. The molecule has 0 aromatic heterocycles. The molecule has 2 aromatic rings. The van der Waals surface area contributed by atoms with E-state index in [-0.39, 0.29) is 26.0 Å². The highest BCUT2D eigenvalue weighted by Gasteiger charge is 2.24. The van der Waals surface area contributed by atoms with Gasteiger partial charge in [-0.05, 0) is 29.3 Å². The van der Waals surface area contributed by atoms with Crippen LogP contribution in [0.2, 0.25) is 5.02 Å². The molecule has 0 aliphatic heterocycles. The van der Waals surface area contributed by atoms with Crippen molar-refractivity contribution in [3.8, 4) is 0 Å². The van der Waals surface area contributed by atoms with E-state index in [1.165, 1.54) is 7.11 Å². The number of carbonyl (C=O) groups is 3. The maximum Gasteiger partial charge on any atom is 0.407 e. The van der Waals surface area contributed by atoms with Crippen molar-refractivity contribution in [1.82, 2.24) is 10.6 Å². The molecule has 0 radical (unpaired) electrons.